The number of esters is 2. The highest BCUT2D eigenvalue weighted by Gasteiger charge is 2.24. The van der Waals surface area contributed by atoms with Crippen molar-refractivity contribution in [3.05, 3.63) is 56.2 Å². The molecule has 0 saturated carbocycles. The van der Waals surface area contributed by atoms with Crippen molar-refractivity contribution in [1.82, 2.24) is 0 Å². The van der Waals surface area contributed by atoms with E-state index in [9.17, 15) is 37.8 Å². The summed E-state index contributed by atoms with van der Waals surface area (Å²) in [5, 5.41) is 21.1. The Morgan fingerprint density at radius 3 is 2.16 bits per heavy atom. The zero-order valence-corrected chi connectivity index (χ0v) is 22.1. The van der Waals surface area contributed by atoms with Gasteiger partial charge in [-0.3, -0.25) is 10.1 Å². The van der Waals surface area contributed by atoms with Crippen LogP contribution in [0.15, 0.2) is 29.2 Å². The first kappa shape index (κ1) is 25.9. The molecule has 166 valence electrons. The standard InChI is InChI=1S/C16H10I3NO10S/c17-9-6-10(18)14(21)13(19)12(9)16(23)30-4-3-29-15(22)8-2-1-7(31(26,27)28)5-11(8)20(24)25/h1-2,5-6,21H,3-4H2,(H,26,27,28)/p-1. The Morgan fingerprint density at radius 1 is 1.03 bits per heavy atom. The Balaban J connectivity index is 2.06. The number of benzene rings is 2. The molecule has 0 aliphatic rings. The maximum Gasteiger partial charge on any atom is 0.345 e. The van der Waals surface area contributed by atoms with Crippen molar-refractivity contribution < 1.29 is 42.1 Å². The molecular weight excluding hydrogens is 779 g/mol. The van der Waals surface area contributed by atoms with Gasteiger partial charge in [-0.25, -0.2) is 18.0 Å². The van der Waals surface area contributed by atoms with Crippen molar-refractivity contribution in [1.29, 1.82) is 0 Å². The van der Waals surface area contributed by atoms with Crippen LogP contribution in [0.25, 0.3) is 0 Å². The third-order valence-electron chi connectivity index (χ3n) is 3.57. The fraction of sp³-hybridized carbons (Fsp3) is 0.125. The van der Waals surface area contributed by atoms with Gasteiger partial charge in [-0.05, 0) is 86.0 Å². The van der Waals surface area contributed by atoms with Gasteiger partial charge in [-0.2, -0.15) is 0 Å². The lowest BCUT2D eigenvalue weighted by atomic mass is 10.2. The molecule has 2 aromatic carbocycles. The van der Waals surface area contributed by atoms with Crippen LogP contribution in [0.1, 0.15) is 20.7 Å². The summed E-state index contributed by atoms with van der Waals surface area (Å²) in [5.74, 6) is -2.02. The molecule has 0 bridgehead atoms. The number of aromatic hydroxyl groups is 1. The van der Waals surface area contributed by atoms with E-state index >= 15 is 0 Å². The molecule has 0 atom stereocenters. The fourth-order valence-corrected chi connectivity index (χ4v) is 6.48. The first-order chi connectivity index (χ1) is 14.3. The van der Waals surface area contributed by atoms with E-state index in [-0.39, 0.29) is 17.9 Å². The van der Waals surface area contributed by atoms with Crippen molar-refractivity contribution in [2.45, 2.75) is 4.90 Å². The van der Waals surface area contributed by atoms with Crippen molar-refractivity contribution >= 4 is 95.5 Å². The fourth-order valence-electron chi connectivity index (χ4n) is 2.18. The number of hydrogen-bond donors (Lipinski definition) is 1. The summed E-state index contributed by atoms with van der Waals surface area (Å²) in [6, 6.07) is 3.58. The Hall–Kier alpha value is -1.32. The van der Waals surface area contributed by atoms with Crippen LogP contribution in [0.5, 0.6) is 5.75 Å². The molecule has 11 nitrogen and oxygen atoms in total. The van der Waals surface area contributed by atoms with Crippen LogP contribution in [-0.4, -0.2) is 48.2 Å². The number of ether oxygens (including phenoxy) is 2. The maximum absolute atomic E-state index is 12.3. The SMILES string of the molecule is O=C(OCCOC(=O)c1c(I)cc(I)c(O)c1I)c1ccc(S(=O)(=O)[O-])cc1[N+](=O)[O-]. The molecule has 2 rings (SSSR count). The Bertz CT molecular complexity index is 1180. The van der Waals surface area contributed by atoms with E-state index in [2.05, 4.69) is 0 Å². The molecule has 15 heteroatoms. The van der Waals surface area contributed by atoms with Gasteiger partial charge >= 0.3 is 11.9 Å². The third kappa shape index (κ3) is 6.35. The molecule has 0 fully saturated rings. The first-order valence-electron chi connectivity index (χ1n) is 7.79. The molecule has 0 aromatic heterocycles. The third-order valence-corrected chi connectivity index (χ3v) is 7.13. The van der Waals surface area contributed by atoms with E-state index in [0.717, 1.165) is 12.1 Å². The lowest BCUT2D eigenvalue weighted by Crippen LogP contribution is -2.16. The lowest BCUT2D eigenvalue weighted by molar-refractivity contribution is -0.385. The highest BCUT2D eigenvalue weighted by Crippen LogP contribution is 2.32. The lowest BCUT2D eigenvalue weighted by Gasteiger charge is -2.11. The molecule has 0 aliphatic heterocycles. The quantitative estimate of drug-likeness (QED) is 0.110. The van der Waals surface area contributed by atoms with Crippen LogP contribution in [0.4, 0.5) is 5.69 Å². The van der Waals surface area contributed by atoms with Gasteiger partial charge in [0.15, 0.2) is 0 Å². The largest absolute Gasteiger partial charge is 0.744 e. The van der Waals surface area contributed by atoms with Crippen LogP contribution in [0.3, 0.4) is 0 Å². The summed E-state index contributed by atoms with van der Waals surface area (Å²) >= 11 is 5.61. The van der Waals surface area contributed by atoms with Gasteiger partial charge in [0.1, 0.15) is 34.6 Å². The summed E-state index contributed by atoms with van der Waals surface area (Å²) in [6.45, 7) is -0.836. The number of halogens is 3. The minimum Gasteiger partial charge on any atom is -0.744 e. The van der Waals surface area contributed by atoms with E-state index in [4.69, 9.17) is 9.47 Å². The van der Waals surface area contributed by atoms with Gasteiger partial charge in [0.2, 0.25) is 0 Å². The van der Waals surface area contributed by atoms with Crippen molar-refractivity contribution in [3.63, 3.8) is 0 Å². The van der Waals surface area contributed by atoms with Gasteiger partial charge < -0.3 is 19.1 Å². The molecule has 31 heavy (non-hydrogen) atoms. The number of nitro benzene ring substituents is 1. The number of nitrogens with zero attached hydrogens (tertiary/aromatic N) is 1. The van der Waals surface area contributed by atoms with Crippen molar-refractivity contribution in [3.8, 4) is 5.75 Å². The predicted octanol–water partition coefficient (Wildman–Crippen LogP) is 3.03. The van der Waals surface area contributed by atoms with Crippen LogP contribution >= 0.6 is 67.8 Å². The second-order valence-electron chi connectivity index (χ2n) is 5.54. The number of hydrogen-bond acceptors (Lipinski definition) is 10. The van der Waals surface area contributed by atoms with Gasteiger partial charge in [0.25, 0.3) is 5.69 Å². The number of nitro groups is 1. The van der Waals surface area contributed by atoms with Crippen LogP contribution < -0.4 is 0 Å². The van der Waals surface area contributed by atoms with E-state index in [1.165, 1.54) is 0 Å². The normalized spacial score (nSPS) is 11.1. The Labute approximate surface area is 215 Å². The second kappa shape index (κ2) is 10.5. The zero-order chi connectivity index (χ0) is 23.5. The Morgan fingerprint density at radius 2 is 1.61 bits per heavy atom. The smallest absolute Gasteiger partial charge is 0.345 e. The van der Waals surface area contributed by atoms with Gasteiger partial charge in [-0.1, -0.05) is 0 Å². The first-order valence-corrected chi connectivity index (χ1v) is 12.4. The molecule has 0 heterocycles. The highest BCUT2D eigenvalue weighted by molar-refractivity contribution is 14.1. The van der Waals surface area contributed by atoms with Crippen molar-refractivity contribution in [2.75, 3.05) is 13.2 Å². The minimum atomic E-state index is -4.95. The van der Waals surface area contributed by atoms with E-state index < -0.39 is 49.7 Å². The van der Waals surface area contributed by atoms with E-state index in [1.54, 1.807) is 28.7 Å². The molecule has 2 aromatic rings. The molecule has 0 amide bonds. The summed E-state index contributed by atoms with van der Waals surface area (Å²) in [7, 11) is -4.95. The second-order valence-corrected chi connectivity index (χ2v) is 10.3. The molecule has 0 spiro atoms. The monoisotopic (exact) mass is 788 g/mol. The van der Waals surface area contributed by atoms with Gasteiger partial charge in [-0.15, -0.1) is 0 Å². The average Bonchev–Trinajstić information content (AvgIpc) is 2.68. The number of phenolic OH excluding ortho intramolecular Hbond substituents is 1. The maximum atomic E-state index is 12.3. The summed E-state index contributed by atoms with van der Waals surface area (Å²) in [4.78, 5) is 33.6. The van der Waals surface area contributed by atoms with E-state index in [0.29, 0.717) is 16.8 Å². The molecule has 0 saturated heterocycles. The predicted molar refractivity (Wildman–Crippen MR) is 128 cm³/mol. The number of phenols is 1. The zero-order valence-electron chi connectivity index (χ0n) is 14.8. The van der Waals surface area contributed by atoms with E-state index in [1.807, 2.05) is 45.2 Å². The van der Waals surface area contributed by atoms with Gasteiger partial charge in [0, 0.05) is 9.64 Å². The molecular formula is C16H9I3NO10S-. The van der Waals surface area contributed by atoms with Crippen LogP contribution in [0.2, 0.25) is 0 Å². The number of carbonyl (C=O) groups excluding carboxylic acids is 2. The topological polar surface area (TPSA) is 173 Å². The average molecular weight is 788 g/mol. The molecule has 0 radical (unpaired) electrons. The Kier molecular flexibility index (Phi) is 8.81. The summed E-state index contributed by atoms with van der Waals surface area (Å²) in [6.07, 6.45) is 0. The number of carbonyl (C=O) groups is 2. The summed E-state index contributed by atoms with van der Waals surface area (Å²) in [5.41, 5.74) is -1.36. The minimum absolute atomic E-state index is 0.0733. The van der Waals surface area contributed by atoms with Crippen LogP contribution in [-0.2, 0) is 19.6 Å². The summed E-state index contributed by atoms with van der Waals surface area (Å²) < 4.78 is 44.3. The molecule has 0 aliphatic carbocycles. The molecule has 1 N–H and O–H groups in total. The van der Waals surface area contributed by atoms with Crippen LogP contribution in [0, 0.1) is 20.8 Å². The van der Waals surface area contributed by atoms with Crippen molar-refractivity contribution in [2.24, 2.45) is 0 Å². The van der Waals surface area contributed by atoms with Gasteiger partial charge in [0.05, 0.1) is 22.5 Å². The highest BCUT2D eigenvalue weighted by atomic mass is 127. The number of rotatable bonds is 7. The molecule has 0 unspecified atom stereocenters.